The minimum absolute atomic E-state index is 0.201. The van der Waals surface area contributed by atoms with Crippen LogP contribution < -0.4 is 5.32 Å². The van der Waals surface area contributed by atoms with Crippen molar-refractivity contribution in [2.45, 2.75) is 12.5 Å². The molecule has 1 aliphatic rings. The van der Waals surface area contributed by atoms with E-state index in [1.54, 1.807) is 6.07 Å². The summed E-state index contributed by atoms with van der Waals surface area (Å²) in [6.45, 7) is 3.45. The van der Waals surface area contributed by atoms with Crippen LogP contribution in [0.5, 0.6) is 0 Å². The summed E-state index contributed by atoms with van der Waals surface area (Å²) in [6.07, 6.45) is 1.11. The lowest BCUT2D eigenvalue weighted by Gasteiger charge is -2.22. The van der Waals surface area contributed by atoms with Gasteiger partial charge in [0.25, 0.3) is 0 Å². The van der Waals surface area contributed by atoms with E-state index in [9.17, 15) is 4.39 Å². The summed E-state index contributed by atoms with van der Waals surface area (Å²) in [5, 5.41) is 3.22. The van der Waals surface area contributed by atoms with Crippen LogP contribution >= 0.6 is 0 Å². The van der Waals surface area contributed by atoms with Gasteiger partial charge in [-0.15, -0.1) is 0 Å². The SMILES string of the molecule is CN(CCNc1cccc(F)c1)C1CCOC1. The number of hydrogen-bond acceptors (Lipinski definition) is 3. The number of nitrogens with zero attached hydrogens (tertiary/aromatic N) is 1. The zero-order valence-corrected chi connectivity index (χ0v) is 10.2. The number of halogens is 1. The lowest BCUT2D eigenvalue weighted by atomic mass is 10.2. The van der Waals surface area contributed by atoms with Crippen molar-refractivity contribution in [3.63, 3.8) is 0 Å². The Labute approximate surface area is 102 Å². The molecule has 1 atom stereocenters. The topological polar surface area (TPSA) is 24.5 Å². The minimum Gasteiger partial charge on any atom is -0.384 e. The molecule has 3 nitrogen and oxygen atoms in total. The maximum atomic E-state index is 12.9. The maximum Gasteiger partial charge on any atom is 0.125 e. The molecule has 1 heterocycles. The van der Waals surface area contributed by atoms with Gasteiger partial charge in [0.05, 0.1) is 6.61 Å². The van der Waals surface area contributed by atoms with Crippen LogP contribution in [0.15, 0.2) is 24.3 Å². The molecule has 0 spiro atoms. The summed E-state index contributed by atoms with van der Waals surface area (Å²) in [7, 11) is 2.10. The molecule has 0 amide bonds. The standard InChI is InChI=1S/C13H19FN2O/c1-16(13-5-8-17-10-13)7-6-15-12-4-2-3-11(14)9-12/h2-4,9,13,15H,5-8,10H2,1H3. The number of benzene rings is 1. The number of rotatable bonds is 5. The van der Waals surface area contributed by atoms with Crippen LogP contribution in [-0.2, 0) is 4.74 Å². The molecule has 1 N–H and O–H groups in total. The van der Waals surface area contributed by atoms with E-state index in [-0.39, 0.29) is 5.82 Å². The Balaban J connectivity index is 1.71. The van der Waals surface area contributed by atoms with E-state index in [0.29, 0.717) is 6.04 Å². The Kier molecular flexibility index (Phi) is 4.34. The lowest BCUT2D eigenvalue weighted by Crippen LogP contribution is -2.35. The molecule has 17 heavy (non-hydrogen) atoms. The maximum absolute atomic E-state index is 12.9. The zero-order chi connectivity index (χ0) is 12.1. The second-order valence-electron chi connectivity index (χ2n) is 4.44. The average Bonchev–Trinajstić information content (AvgIpc) is 2.82. The van der Waals surface area contributed by atoms with Gasteiger partial charge in [0.1, 0.15) is 5.82 Å². The largest absolute Gasteiger partial charge is 0.384 e. The lowest BCUT2D eigenvalue weighted by molar-refractivity contribution is 0.161. The van der Waals surface area contributed by atoms with Crippen LogP contribution in [0.2, 0.25) is 0 Å². The first-order chi connectivity index (χ1) is 8.25. The summed E-state index contributed by atoms with van der Waals surface area (Å²) in [5.41, 5.74) is 0.834. The zero-order valence-electron chi connectivity index (χ0n) is 10.2. The van der Waals surface area contributed by atoms with Gasteiger partial charge in [-0.2, -0.15) is 0 Å². The number of likely N-dealkylation sites (N-methyl/N-ethyl adjacent to an activating group) is 1. The van der Waals surface area contributed by atoms with E-state index in [4.69, 9.17) is 4.74 Å². The number of ether oxygens (including phenoxy) is 1. The van der Waals surface area contributed by atoms with Crippen molar-refractivity contribution < 1.29 is 9.13 Å². The third kappa shape index (κ3) is 3.68. The minimum atomic E-state index is -0.201. The Morgan fingerprint density at radius 3 is 3.12 bits per heavy atom. The summed E-state index contributed by atoms with van der Waals surface area (Å²) in [5.74, 6) is -0.201. The van der Waals surface area contributed by atoms with Gasteiger partial charge >= 0.3 is 0 Å². The monoisotopic (exact) mass is 238 g/mol. The number of hydrogen-bond donors (Lipinski definition) is 1. The van der Waals surface area contributed by atoms with E-state index >= 15 is 0 Å². The number of nitrogens with one attached hydrogen (secondary N) is 1. The first kappa shape index (κ1) is 12.3. The summed E-state index contributed by atoms with van der Waals surface area (Å²) in [4.78, 5) is 2.29. The molecule has 0 saturated carbocycles. The normalized spacial score (nSPS) is 19.8. The van der Waals surface area contributed by atoms with E-state index in [0.717, 1.165) is 38.4 Å². The van der Waals surface area contributed by atoms with Gasteiger partial charge in [0.2, 0.25) is 0 Å². The van der Waals surface area contributed by atoms with Crippen LogP contribution in [0.1, 0.15) is 6.42 Å². The van der Waals surface area contributed by atoms with Gasteiger partial charge in [-0.3, -0.25) is 4.90 Å². The highest BCUT2D eigenvalue weighted by atomic mass is 19.1. The summed E-state index contributed by atoms with van der Waals surface area (Å²) >= 11 is 0. The van der Waals surface area contributed by atoms with Gasteiger partial charge < -0.3 is 10.1 Å². The van der Waals surface area contributed by atoms with Crippen LogP contribution in [-0.4, -0.2) is 44.3 Å². The molecule has 1 aromatic carbocycles. The molecule has 1 aromatic rings. The second-order valence-corrected chi connectivity index (χ2v) is 4.44. The molecule has 0 aliphatic carbocycles. The predicted octanol–water partition coefficient (Wildman–Crippen LogP) is 1.96. The summed E-state index contributed by atoms with van der Waals surface area (Å²) in [6, 6.07) is 7.09. The van der Waals surface area contributed by atoms with E-state index in [1.165, 1.54) is 12.1 Å². The highest BCUT2D eigenvalue weighted by Crippen LogP contribution is 2.11. The Morgan fingerprint density at radius 2 is 2.41 bits per heavy atom. The molecular formula is C13H19FN2O. The highest BCUT2D eigenvalue weighted by Gasteiger charge is 2.19. The van der Waals surface area contributed by atoms with E-state index in [1.807, 2.05) is 6.07 Å². The van der Waals surface area contributed by atoms with Gasteiger partial charge in [-0.05, 0) is 31.7 Å². The first-order valence-corrected chi connectivity index (χ1v) is 6.03. The van der Waals surface area contributed by atoms with Crippen molar-refractivity contribution >= 4 is 5.69 Å². The third-order valence-corrected chi connectivity index (χ3v) is 3.15. The highest BCUT2D eigenvalue weighted by molar-refractivity contribution is 5.42. The molecule has 94 valence electrons. The van der Waals surface area contributed by atoms with Crippen molar-refractivity contribution in [2.24, 2.45) is 0 Å². The Hall–Kier alpha value is -1.13. The van der Waals surface area contributed by atoms with E-state index < -0.39 is 0 Å². The molecular weight excluding hydrogens is 219 g/mol. The fourth-order valence-corrected chi connectivity index (χ4v) is 2.03. The second kappa shape index (κ2) is 5.98. The smallest absolute Gasteiger partial charge is 0.125 e. The summed E-state index contributed by atoms with van der Waals surface area (Å²) < 4.78 is 18.3. The van der Waals surface area contributed by atoms with Gasteiger partial charge in [-0.1, -0.05) is 6.07 Å². The van der Waals surface area contributed by atoms with Gasteiger partial charge in [0, 0.05) is 31.4 Å². The van der Waals surface area contributed by atoms with Crippen molar-refractivity contribution in [1.29, 1.82) is 0 Å². The van der Waals surface area contributed by atoms with Crippen molar-refractivity contribution in [1.82, 2.24) is 4.90 Å². The predicted molar refractivity (Wildman–Crippen MR) is 66.7 cm³/mol. The van der Waals surface area contributed by atoms with Crippen LogP contribution in [0.3, 0.4) is 0 Å². The molecule has 1 saturated heterocycles. The Bertz CT molecular complexity index is 353. The van der Waals surface area contributed by atoms with Crippen molar-refractivity contribution in [2.75, 3.05) is 38.7 Å². The average molecular weight is 238 g/mol. The fraction of sp³-hybridized carbons (Fsp3) is 0.538. The molecule has 2 rings (SSSR count). The molecule has 0 aromatic heterocycles. The molecule has 1 fully saturated rings. The van der Waals surface area contributed by atoms with Crippen molar-refractivity contribution in [3.05, 3.63) is 30.1 Å². The molecule has 0 radical (unpaired) electrons. The van der Waals surface area contributed by atoms with Gasteiger partial charge in [-0.25, -0.2) is 4.39 Å². The molecule has 4 heteroatoms. The molecule has 1 aliphatic heterocycles. The van der Waals surface area contributed by atoms with Crippen molar-refractivity contribution in [3.8, 4) is 0 Å². The molecule has 1 unspecified atom stereocenters. The third-order valence-electron chi connectivity index (χ3n) is 3.15. The van der Waals surface area contributed by atoms with E-state index in [2.05, 4.69) is 17.3 Å². The fourth-order valence-electron chi connectivity index (χ4n) is 2.03. The van der Waals surface area contributed by atoms with Gasteiger partial charge in [0.15, 0.2) is 0 Å². The Morgan fingerprint density at radius 1 is 1.53 bits per heavy atom. The van der Waals surface area contributed by atoms with Crippen LogP contribution in [0, 0.1) is 5.82 Å². The number of anilines is 1. The van der Waals surface area contributed by atoms with Crippen LogP contribution in [0.25, 0.3) is 0 Å². The molecule has 0 bridgehead atoms. The van der Waals surface area contributed by atoms with Crippen LogP contribution in [0.4, 0.5) is 10.1 Å². The quantitative estimate of drug-likeness (QED) is 0.848. The first-order valence-electron chi connectivity index (χ1n) is 6.03.